The van der Waals surface area contributed by atoms with Crippen LogP contribution in [0.4, 0.5) is 0 Å². The van der Waals surface area contributed by atoms with Gasteiger partial charge < -0.3 is 0 Å². The van der Waals surface area contributed by atoms with Crippen LogP contribution in [0.3, 0.4) is 0 Å². The first-order valence-corrected chi connectivity index (χ1v) is 23.2. The Labute approximate surface area is 266 Å². The van der Waals surface area contributed by atoms with Crippen molar-refractivity contribution < 1.29 is 34.8 Å². The zero-order valence-electron chi connectivity index (χ0n) is 27.6. The van der Waals surface area contributed by atoms with Gasteiger partial charge in [0.2, 0.25) is 0 Å². The third kappa shape index (κ3) is 25.2. The van der Waals surface area contributed by atoms with Gasteiger partial charge in [-0.25, -0.2) is 0 Å². The topological polar surface area (TPSA) is 105 Å². The van der Waals surface area contributed by atoms with Crippen LogP contribution in [0, 0.1) is 0 Å². The summed E-state index contributed by atoms with van der Waals surface area (Å²) in [7, 11) is 2.46. The summed E-state index contributed by atoms with van der Waals surface area (Å²) in [6.45, 7) is 4.45. The molecule has 0 amide bonds. The molecule has 43 heavy (non-hydrogen) atoms. The first kappa shape index (κ1) is 41.2. The minimum atomic E-state index is -4.33. The fraction of sp³-hybridized carbons (Fsp3) is 0.765. The quantitative estimate of drug-likeness (QED) is 0.0343. The molecule has 0 aliphatic heterocycles. The van der Waals surface area contributed by atoms with E-state index in [4.69, 9.17) is 6.15 Å². The molecule has 248 valence electrons. The second kappa shape index (κ2) is 28.9. The van der Waals surface area contributed by atoms with Crippen molar-refractivity contribution in [2.75, 3.05) is 14.2 Å². The molecule has 0 rings (SSSR count). The molecule has 0 heterocycles. The molecule has 0 atom stereocenters. The molecule has 0 bridgehead atoms. The predicted molar refractivity (Wildman–Crippen MR) is 174 cm³/mol. The van der Waals surface area contributed by atoms with Gasteiger partial charge in [0.25, 0.3) is 0 Å². The van der Waals surface area contributed by atoms with E-state index in [0.29, 0.717) is 8.87 Å². The third-order valence-corrected chi connectivity index (χ3v) is 17.1. The minimum absolute atomic E-state index is 0.540. The van der Waals surface area contributed by atoms with Crippen LogP contribution >= 0.6 is 0 Å². The summed E-state index contributed by atoms with van der Waals surface area (Å²) < 4.78 is 22.2. The summed E-state index contributed by atoms with van der Waals surface area (Å²) in [6.07, 6.45) is 27.4. The summed E-state index contributed by atoms with van der Waals surface area (Å²) in [5.41, 5.74) is 0. The summed E-state index contributed by atoms with van der Waals surface area (Å²) in [5.74, 6) is -2.74. The van der Waals surface area contributed by atoms with Crippen LogP contribution in [-0.4, -0.2) is 57.3 Å². The molecule has 0 aromatic heterocycles. The van der Waals surface area contributed by atoms with E-state index in [0.717, 1.165) is 75.7 Å². The molecule has 0 saturated heterocycles. The van der Waals surface area contributed by atoms with E-state index in [-0.39, 0.29) is 0 Å². The standard InChI is InChI=1S/2C12H25.2C5H6O4.Sn/c2*1-3-5-7-9-11-12-10-8-6-4-2;2*1-9-5(8)3-2-4(6)7;/h2*1,3-12H2,2H3;2*2-3H,1H3,(H,6,7);/q;;;;+2/p-2. The Morgan fingerprint density at radius 2 is 0.674 bits per heavy atom. The second-order valence-corrected chi connectivity index (χ2v) is 20.5. The number of unbranched alkanes of at least 4 members (excludes halogenated alkanes) is 18. The predicted octanol–water partition coefficient (Wildman–Crippen LogP) is 8.82. The van der Waals surface area contributed by atoms with Gasteiger partial charge in [-0.15, -0.1) is 0 Å². The number of esters is 2. The molecular formula is C34H60O8Sn. The van der Waals surface area contributed by atoms with Gasteiger partial charge >= 0.3 is 268 Å². The molecule has 0 saturated carbocycles. The first-order chi connectivity index (χ1) is 20.8. The van der Waals surface area contributed by atoms with Gasteiger partial charge in [-0.3, -0.25) is 0 Å². The number of hydrogen-bond donors (Lipinski definition) is 0. The van der Waals surface area contributed by atoms with Crippen LogP contribution in [-0.2, 0) is 34.8 Å². The molecule has 9 heteroatoms. The SMILES string of the molecule is CCCCCCCCCCC[CH2][Sn]([CH2]CCCCCCCCCCC)([O]C(=O)C=CC(=O)OC)[O]C(=O)C=CC(=O)OC. The van der Waals surface area contributed by atoms with Gasteiger partial charge in [-0.05, 0) is 0 Å². The normalized spacial score (nSPS) is 11.6. The Balaban J connectivity index is 5.31. The van der Waals surface area contributed by atoms with Crippen molar-refractivity contribution in [3.63, 3.8) is 0 Å². The Hall–Kier alpha value is -1.84. The number of methoxy groups -OCH3 is 2. The van der Waals surface area contributed by atoms with Gasteiger partial charge in [0.1, 0.15) is 0 Å². The Bertz CT molecular complexity index is 742. The van der Waals surface area contributed by atoms with Gasteiger partial charge in [0.05, 0.1) is 0 Å². The molecule has 0 aliphatic carbocycles. The van der Waals surface area contributed by atoms with Crippen LogP contribution in [0.1, 0.15) is 142 Å². The fourth-order valence-corrected chi connectivity index (χ4v) is 13.9. The Morgan fingerprint density at radius 3 is 0.953 bits per heavy atom. The summed E-state index contributed by atoms with van der Waals surface area (Å²) in [4.78, 5) is 48.7. The molecule has 0 unspecified atom stereocenters. The van der Waals surface area contributed by atoms with Crippen LogP contribution in [0.2, 0.25) is 8.87 Å². The van der Waals surface area contributed by atoms with Gasteiger partial charge in [0.15, 0.2) is 0 Å². The summed E-state index contributed by atoms with van der Waals surface area (Å²) in [5, 5.41) is 0. The fourth-order valence-electron chi connectivity index (χ4n) is 4.96. The first-order valence-electron chi connectivity index (χ1n) is 16.8. The Kier molecular flexibility index (Phi) is 27.7. The van der Waals surface area contributed by atoms with Gasteiger partial charge in [-0.1, -0.05) is 0 Å². The number of rotatable bonds is 28. The van der Waals surface area contributed by atoms with E-state index in [2.05, 4.69) is 23.3 Å². The van der Waals surface area contributed by atoms with E-state index in [1.165, 1.54) is 91.3 Å². The number of ether oxygens (including phenoxy) is 2. The molecule has 0 spiro atoms. The third-order valence-electron chi connectivity index (χ3n) is 7.51. The molecule has 0 radical (unpaired) electrons. The van der Waals surface area contributed by atoms with Gasteiger partial charge in [0, 0.05) is 0 Å². The second-order valence-electron chi connectivity index (χ2n) is 11.3. The van der Waals surface area contributed by atoms with E-state index < -0.39 is 43.1 Å². The molecular weight excluding hydrogens is 655 g/mol. The molecule has 8 nitrogen and oxygen atoms in total. The number of carbonyl (C=O) groups excluding carboxylic acids is 4. The van der Waals surface area contributed by atoms with E-state index in [1.807, 2.05) is 0 Å². The van der Waals surface area contributed by atoms with Crippen molar-refractivity contribution in [3.05, 3.63) is 24.3 Å². The van der Waals surface area contributed by atoms with Crippen molar-refractivity contribution in [2.24, 2.45) is 0 Å². The average molecular weight is 716 g/mol. The maximum absolute atomic E-state index is 12.8. The summed E-state index contributed by atoms with van der Waals surface area (Å²) >= 11 is -4.33. The molecule has 0 aromatic rings. The number of hydrogen-bond acceptors (Lipinski definition) is 8. The zero-order chi connectivity index (χ0) is 32.0. The Morgan fingerprint density at radius 1 is 0.419 bits per heavy atom. The van der Waals surface area contributed by atoms with Crippen molar-refractivity contribution >= 4 is 43.1 Å². The maximum atomic E-state index is 12.8. The van der Waals surface area contributed by atoms with E-state index in [9.17, 15) is 19.2 Å². The van der Waals surface area contributed by atoms with Crippen molar-refractivity contribution in [2.45, 2.75) is 151 Å². The monoisotopic (exact) mass is 716 g/mol. The van der Waals surface area contributed by atoms with Crippen LogP contribution in [0.25, 0.3) is 0 Å². The summed E-state index contributed by atoms with van der Waals surface area (Å²) in [6, 6.07) is 0. The number of carbonyl (C=O) groups is 4. The van der Waals surface area contributed by atoms with Crippen molar-refractivity contribution in [3.8, 4) is 0 Å². The van der Waals surface area contributed by atoms with E-state index >= 15 is 0 Å². The van der Waals surface area contributed by atoms with Crippen molar-refractivity contribution in [1.29, 1.82) is 0 Å². The van der Waals surface area contributed by atoms with Crippen molar-refractivity contribution in [1.82, 2.24) is 0 Å². The van der Waals surface area contributed by atoms with Gasteiger partial charge in [-0.2, -0.15) is 0 Å². The van der Waals surface area contributed by atoms with E-state index in [1.54, 1.807) is 0 Å². The molecule has 0 fully saturated rings. The average Bonchev–Trinajstić information content (AvgIpc) is 3.00. The zero-order valence-corrected chi connectivity index (χ0v) is 30.5. The molecule has 0 aliphatic rings. The van der Waals surface area contributed by atoms with Crippen LogP contribution in [0.5, 0.6) is 0 Å². The molecule has 0 N–H and O–H groups in total. The molecule has 0 aromatic carbocycles. The van der Waals surface area contributed by atoms with Crippen LogP contribution < -0.4 is 0 Å². The van der Waals surface area contributed by atoms with Crippen LogP contribution in [0.15, 0.2) is 24.3 Å².